The molecule has 0 aliphatic carbocycles. The zero-order valence-electron chi connectivity index (χ0n) is 9.75. The van der Waals surface area contributed by atoms with E-state index in [1.807, 2.05) is 0 Å². The molecule has 0 unspecified atom stereocenters. The molecule has 0 spiro atoms. The molecule has 3 heteroatoms. The first-order valence-electron chi connectivity index (χ1n) is 5.72. The van der Waals surface area contributed by atoms with E-state index in [4.69, 9.17) is 0 Å². The molecule has 0 saturated carbocycles. The third-order valence-corrected chi connectivity index (χ3v) is 2.83. The molecule has 0 saturated heterocycles. The van der Waals surface area contributed by atoms with Gasteiger partial charge in [0.05, 0.1) is 0 Å². The molecular formula is C11H23N2Se. The summed E-state index contributed by atoms with van der Waals surface area (Å²) >= 11 is 3.08. The number of rotatable bonds is 7. The van der Waals surface area contributed by atoms with Crippen molar-refractivity contribution < 1.29 is 0 Å². The van der Waals surface area contributed by atoms with Gasteiger partial charge in [0.2, 0.25) is 0 Å². The molecule has 83 valence electrons. The summed E-state index contributed by atoms with van der Waals surface area (Å²) in [7, 11) is 0. The Hall–Kier alpha value is -0.0105. The minimum atomic E-state index is 0.961. The topological polar surface area (TPSA) is 15.6 Å². The Morgan fingerprint density at radius 1 is 1.07 bits per heavy atom. The van der Waals surface area contributed by atoms with Crippen LogP contribution in [0.15, 0.2) is 4.99 Å². The number of amidine groups is 1. The van der Waals surface area contributed by atoms with Gasteiger partial charge in [-0.05, 0) is 0 Å². The quantitative estimate of drug-likeness (QED) is 0.298. The predicted molar refractivity (Wildman–Crippen MR) is 65.1 cm³/mol. The first-order valence-corrected chi connectivity index (χ1v) is 6.58. The maximum absolute atomic E-state index is 4.54. The molecule has 0 amide bonds. The van der Waals surface area contributed by atoms with Crippen molar-refractivity contribution in [3.63, 3.8) is 0 Å². The molecule has 0 aromatic carbocycles. The minimum absolute atomic E-state index is 0.961. The van der Waals surface area contributed by atoms with Gasteiger partial charge in [-0.1, -0.05) is 0 Å². The molecule has 0 heterocycles. The van der Waals surface area contributed by atoms with E-state index in [1.54, 1.807) is 0 Å². The fourth-order valence-electron chi connectivity index (χ4n) is 1.28. The fourth-order valence-corrected chi connectivity index (χ4v) is 1.85. The fraction of sp³-hybridized carbons (Fsp3) is 0.909. The second-order valence-electron chi connectivity index (χ2n) is 3.50. The number of hydrogen-bond acceptors (Lipinski definition) is 1. The summed E-state index contributed by atoms with van der Waals surface area (Å²) in [4.78, 5) is 6.88. The van der Waals surface area contributed by atoms with Gasteiger partial charge in [0.15, 0.2) is 0 Å². The molecule has 0 rings (SSSR count). The van der Waals surface area contributed by atoms with E-state index in [-0.39, 0.29) is 0 Å². The normalized spacial score (nSPS) is 11.8. The Morgan fingerprint density at radius 2 is 1.64 bits per heavy atom. The summed E-state index contributed by atoms with van der Waals surface area (Å²) in [6, 6.07) is 0. The van der Waals surface area contributed by atoms with E-state index in [0.717, 1.165) is 24.4 Å². The molecule has 14 heavy (non-hydrogen) atoms. The van der Waals surface area contributed by atoms with Crippen molar-refractivity contribution in [3.8, 4) is 0 Å². The Kier molecular flexibility index (Phi) is 9.53. The second kappa shape index (κ2) is 9.54. The zero-order valence-corrected chi connectivity index (χ0v) is 11.5. The van der Waals surface area contributed by atoms with Gasteiger partial charge in [-0.2, -0.15) is 0 Å². The molecule has 0 aromatic heterocycles. The molecule has 0 aliphatic rings. The van der Waals surface area contributed by atoms with Crippen LogP contribution in [0.3, 0.4) is 0 Å². The summed E-state index contributed by atoms with van der Waals surface area (Å²) < 4.78 is 1.10. The van der Waals surface area contributed by atoms with Crippen molar-refractivity contribution in [2.75, 3.05) is 19.6 Å². The summed E-state index contributed by atoms with van der Waals surface area (Å²) in [5.74, 6) is 0. The molecule has 0 fully saturated rings. The molecular weight excluding hydrogens is 239 g/mol. The van der Waals surface area contributed by atoms with Crippen molar-refractivity contribution in [2.45, 2.75) is 46.5 Å². The van der Waals surface area contributed by atoms with Crippen LogP contribution < -0.4 is 0 Å². The molecule has 1 radical (unpaired) electrons. The summed E-state index contributed by atoms with van der Waals surface area (Å²) in [6.45, 7) is 9.81. The maximum atomic E-state index is 4.54. The Balaban J connectivity index is 3.97. The van der Waals surface area contributed by atoms with Crippen LogP contribution in [0.1, 0.15) is 46.5 Å². The van der Waals surface area contributed by atoms with Crippen LogP contribution in [-0.4, -0.2) is 45.3 Å². The third kappa shape index (κ3) is 6.44. The standard InChI is InChI=1S/C11H23N2Se/c1-4-7-8-12-11(14)13(9-5-2)10-6-3/h4-10H2,1-3H3. The van der Waals surface area contributed by atoms with Crippen LogP contribution >= 0.6 is 0 Å². The molecule has 0 atom stereocenters. The number of nitrogens with zero attached hydrogens (tertiary/aromatic N) is 2. The van der Waals surface area contributed by atoms with Crippen LogP contribution in [0.4, 0.5) is 0 Å². The predicted octanol–water partition coefficient (Wildman–Crippen LogP) is 2.43. The van der Waals surface area contributed by atoms with Crippen LogP contribution in [0.2, 0.25) is 0 Å². The molecule has 0 aliphatic heterocycles. The molecule has 2 nitrogen and oxygen atoms in total. The average molecular weight is 262 g/mol. The van der Waals surface area contributed by atoms with Crippen molar-refractivity contribution in [2.24, 2.45) is 4.99 Å². The van der Waals surface area contributed by atoms with Crippen LogP contribution in [-0.2, 0) is 0 Å². The molecule has 0 aromatic rings. The van der Waals surface area contributed by atoms with Crippen molar-refractivity contribution in [1.82, 2.24) is 4.90 Å². The van der Waals surface area contributed by atoms with Crippen molar-refractivity contribution in [1.29, 1.82) is 0 Å². The van der Waals surface area contributed by atoms with Crippen LogP contribution in [0, 0.1) is 0 Å². The van der Waals surface area contributed by atoms with Gasteiger partial charge in [0.1, 0.15) is 0 Å². The van der Waals surface area contributed by atoms with Gasteiger partial charge in [0.25, 0.3) is 0 Å². The third-order valence-electron chi connectivity index (χ3n) is 2.02. The van der Waals surface area contributed by atoms with Gasteiger partial charge in [-0.25, -0.2) is 0 Å². The van der Waals surface area contributed by atoms with E-state index in [0.29, 0.717) is 0 Å². The van der Waals surface area contributed by atoms with E-state index < -0.39 is 0 Å². The Morgan fingerprint density at radius 3 is 2.07 bits per heavy atom. The van der Waals surface area contributed by atoms with Gasteiger partial charge < -0.3 is 0 Å². The Labute approximate surface area is 97.0 Å². The zero-order chi connectivity index (χ0) is 10.8. The summed E-state index contributed by atoms with van der Waals surface area (Å²) in [6.07, 6.45) is 4.79. The van der Waals surface area contributed by atoms with E-state index in [1.165, 1.54) is 25.7 Å². The van der Waals surface area contributed by atoms with Crippen LogP contribution in [0.25, 0.3) is 0 Å². The van der Waals surface area contributed by atoms with Crippen molar-refractivity contribution >= 4 is 20.7 Å². The monoisotopic (exact) mass is 263 g/mol. The SMILES string of the molecule is CCCCN=C([Se])N(CCC)CCC. The summed E-state index contributed by atoms with van der Waals surface area (Å²) in [5.41, 5.74) is 0. The number of aliphatic imine (C=N–C) groups is 1. The first kappa shape index (κ1) is 14.0. The van der Waals surface area contributed by atoms with E-state index >= 15 is 0 Å². The van der Waals surface area contributed by atoms with Gasteiger partial charge in [-0.15, -0.1) is 0 Å². The molecule has 0 bridgehead atoms. The number of unbranched alkanes of at least 4 members (excludes halogenated alkanes) is 1. The summed E-state index contributed by atoms with van der Waals surface area (Å²) in [5, 5.41) is 0. The second-order valence-corrected chi connectivity index (χ2v) is 4.27. The van der Waals surface area contributed by atoms with E-state index in [9.17, 15) is 0 Å². The van der Waals surface area contributed by atoms with Gasteiger partial charge >= 0.3 is 96.7 Å². The van der Waals surface area contributed by atoms with Gasteiger partial charge in [-0.3, -0.25) is 0 Å². The van der Waals surface area contributed by atoms with Crippen LogP contribution in [0.5, 0.6) is 0 Å². The molecule has 0 N–H and O–H groups in total. The average Bonchev–Trinajstić information content (AvgIpc) is 2.18. The van der Waals surface area contributed by atoms with Crippen molar-refractivity contribution in [3.05, 3.63) is 0 Å². The number of hydrogen-bond donors (Lipinski definition) is 0. The van der Waals surface area contributed by atoms with Gasteiger partial charge in [0, 0.05) is 0 Å². The first-order chi connectivity index (χ1) is 6.76. The van der Waals surface area contributed by atoms with E-state index in [2.05, 4.69) is 46.7 Å². The Bertz CT molecular complexity index is 151.